The number of hydrogen-bond acceptors (Lipinski definition) is 31. The smallest absolute Gasteiger partial charge is 0.411 e. The topological polar surface area (TPSA) is 544 Å². The van der Waals surface area contributed by atoms with Gasteiger partial charge in [0.15, 0.2) is 6.10 Å². The molecule has 41 nitrogen and oxygen atoms in total. The van der Waals surface area contributed by atoms with Gasteiger partial charge in [-0.25, -0.2) is 14.4 Å². The van der Waals surface area contributed by atoms with Crippen molar-refractivity contribution in [1.82, 2.24) is 41.7 Å². The van der Waals surface area contributed by atoms with Gasteiger partial charge in [0.25, 0.3) is 11.8 Å². The number of carboxylic acids is 2. The van der Waals surface area contributed by atoms with E-state index >= 15 is 0 Å². The van der Waals surface area contributed by atoms with Crippen molar-refractivity contribution in [2.75, 3.05) is 198 Å². The molecule has 4 rings (SSSR count). The summed E-state index contributed by atoms with van der Waals surface area (Å²) in [5, 5.41) is 70.0. The number of hydrogen-bond donors (Lipinski definition) is 13. The van der Waals surface area contributed by atoms with E-state index in [2.05, 4.69) is 37.2 Å². The van der Waals surface area contributed by atoms with Gasteiger partial charge < -0.3 is 139 Å². The van der Waals surface area contributed by atoms with Gasteiger partial charge in [-0.15, -0.1) is 0 Å². The molecule has 0 saturated carbocycles. The summed E-state index contributed by atoms with van der Waals surface area (Å²) in [4.78, 5) is 147. The van der Waals surface area contributed by atoms with Crippen LogP contribution in [0.4, 0.5) is 10.5 Å². The minimum Gasteiger partial charge on any atom is -0.479 e. The maximum absolute atomic E-state index is 14.4. The number of nitrogens with one attached hydrogen (secondary N) is 7. The molecule has 0 aliphatic carbocycles. The number of aliphatic carboxylic acids is 2. The van der Waals surface area contributed by atoms with Crippen molar-refractivity contribution >= 4 is 71.0 Å². The Labute approximate surface area is 710 Å². The summed E-state index contributed by atoms with van der Waals surface area (Å²) < 4.78 is 82.1. The zero-order chi connectivity index (χ0) is 90.2. The van der Waals surface area contributed by atoms with Crippen LogP contribution in [0.1, 0.15) is 84.9 Å². The van der Waals surface area contributed by atoms with Gasteiger partial charge in [0.05, 0.1) is 164 Å². The van der Waals surface area contributed by atoms with E-state index in [1.807, 2.05) is 13.8 Å². The highest BCUT2D eigenvalue weighted by Gasteiger charge is 2.49. The Hall–Kier alpha value is -8.83. The first-order valence-corrected chi connectivity index (χ1v) is 40.3. The Morgan fingerprint density at radius 1 is 0.607 bits per heavy atom. The molecule has 2 aromatic rings. The quantitative estimate of drug-likeness (QED) is 0.0210. The number of carbonyl (C=O) groups is 11. The van der Waals surface area contributed by atoms with Crippen LogP contribution in [-0.2, 0) is 133 Å². The molecule has 1 saturated heterocycles. The Balaban J connectivity index is 1.25. The highest BCUT2D eigenvalue weighted by molar-refractivity contribution is 6.15. The van der Waals surface area contributed by atoms with E-state index in [-0.39, 0.29) is 73.5 Å². The van der Waals surface area contributed by atoms with Gasteiger partial charge >= 0.3 is 18.0 Å². The molecule has 2 aliphatic rings. The lowest BCUT2D eigenvalue weighted by Crippen LogP contribution is -2.61. The zero-order valence-electron chi connectivity index (χ0n) is 71.7. The zero-order valence-corrected chi connectivity index (χ0v) is 71.7. The molecule has 10 atom stereocenters. The second-order valence-electron chi connectivity index (χ2n) is 30.0. The number of carbonyl (C=O) groups excluding carboxylic acids is 9. The van der Waals surface area contributed by atoms with Crippen LogP contribution in [0, 0.1) is 11.3 Å². The van der Waals surface area contributed by atoms with Crippen LogP contribution in [0.3, 0.4) is 0 Å². The predicted octanol–water partition coefficient (Wildman–Crippen LogP) is -1.19. The third-order valence-electron chi connectivity index (χ3n) is 18.9. The van der Waals surface area contributed by atoms with Crippen molar-refractivity contribution in [2.24, 2.45) is 17.1 Å². The van der Waals surface area contributed by atoms with Crippen molar-refractivity contribution in [3.63, 3.8) is 0 Å². The number of amides is 9. The lowest BCUT2D eigenvalue weighted by Gasteiger charge is -2.40. The van der Waals surface area contributed by atoms with Crippen LogP contribution in [0.2, 0.25) is 0 Å². The number of benzene rings is 2. The molecule has 41 heteroatoms. The molecule has 0 unspecified atom stereocenters. The van der Waals surface area contributed by atoms with E-state index < -0.39 is 176 Å². The monoisotopic (exact) mass is 1740 g/mol. The average molecular weight is 1740 g/mol. The van der Waals surface area contributed by atoms with E-state index in [9.17, 15) is 78.3 Å². The van der Waals surface area contributed by atoms with Gasteiger partial charge in [0.2, 0.25) is 41.7 Å². The van der Waals surface area contributed by atoms with Gasteiger partial charge in [0, 0.05) is 87.6 Å². The number of rotatable bonds is 64. The molecular weight excluding hydrogens is 1610 g/mol. The van der Waals surface area contributed by atoms with Crippen LogP contribution in [0.25, 0.3) is 0 Å². The SMILES string of the molecule is CN[C@H](C(=O)N[C@H](C(=O)N(C)[C@H](/C=C(\C)C(=O)O)C(C)C)C(C)(C)C)C(C)(C)c1cccc(NC(=O)OCc2ccc(O[C@@H]3O[C@H](C(=O)O)[C@@H](O)[C@H](O)[C@H]3O)c(CNC(=O)CCNC(=O)[C@H](CNC(=O)CCOCCOCCOCCOCCOCCOCCOCCOCCOCCOCCOCCOC)NC(=O)[C@H](CN)N3C(=O)C=CC3=O)c2)c1. The first-order valence-electron chi connectivity index (χ1n) is 40.3. The number of ether oxygens (including phenoxy) is 15. The fourth-order valence-corrected chi connectivity index (χ4v) is 12.0. The van der Waals surface area contributed by atoms with E-state index in [0.717, 1.165) is 12.2 Å². The minimum atomic E-state index is -2.06. The van der Waals surface area contributed by atoms with Gasteiger partial charge in [-0.1, -0.05) is 72.7 Å². The largest absolute Gasteiger partial charge is 0.479 e. The molecule has 1 fully saturated rings. The maximum atomic E-state index is 14.4. The average Bonchev–Trinajstić information content (AvgIpc) is 0.799. The molecule has 0 spiro atoms. The number of imide groups is 1. The van der Waals surface area contributed by atoms with Crippen molar-refractivity contribution in [3.8, 4) is 5.75 Å². The predicted molar refractivity (Wildman–Crippen MR) is 435 cm³/mol. The maximum Gasteiger partial charge on any atom is 0.411 e. The first-order chi connectivity index (χ1) is 58.2. The van der Waals surface area contributed by atoms with Gasteiger partial charge in [-0.05, 0) is 60.7 Å². The molecule has 9 amide bonds. The second-order valence-corrected chi connectivity index (χ2v) is 30.0. The highest BCUT2D eigenvalue weighted by atomic mass is 16.7. The number of carboxylic acid groups (broad SMARTS) is 2. The second kappa shape index (κ2) is 57.6. The van der Waals surface area contributed by atoms with Crippen molar-refractivity contribution in [1.29, 1.82) is 0 Å². The Morgan fingerprint density at radius 2 is 1.11 bits per heavy atom. The Morgan fingerprint density at radius 3 is 1.57 bits per heavy atom. The van der Waals surface area contributed by atoms with Gasteiger partial charge in [-0.2, -0.15) is 0 Å². The van der Waals surface area contributed by atoms with E-state index in [4.69, 9.17) is 76.8 Å². The number of anilines is 1. The molecule has 0 bridgehead atoms. The van der Waals surface area contributed by atoms with Crippen molar-refractivity contribution in [3.05, 3.63) is 83.0 Å². The molecule has 122 heavy (non-hydrogen) atoms. The minimum absolute atomic E-state index is 0.0565. The fraction of sp³-hybridized carbons (Fsp3) is 0.667. The summed E-state index contributed by atoms with van der Waals surface area (Å²) in [7, 11) is 4.77. The molecule has 0 radical (unpaired) electrons. The molecule has 0 aromatic heterocycles. The third kappa shape index (κ3) is 38.5. The summed E-state index contributed by atoms with van der Waals surface area (Å²) in [5.74, 6) is -9.05. The molecule has 2 aliphatic heterocycles. The number of aliphatic hydroxyl groups excluding tert-OH is 3. The van der Waals surface area contributed by atoms with Crippen molar-refractivity contribution < 1.29 is 149 Å². The van der Waals surface area contributed by atoms with Crippen LogP contribution in [-0.4, -0.2) is 354 Å². The Bertz CT molecular complexity index is 3600. The van der Waals surface area contributed by atoms with Crippen LogP contribution >= 0.6 is 0 Å². The van der Waals surface area contributed by atoms with Crippen LogP contribution < -0.4 is 47.7 Å². The first kappa shape index (κ1) is 106. The number of likely N-dealkylation sites (N-methyl/N-ethyl adjacent to an activating group) is 2. The normalized spacial score (nSPS) is 17.4. The molecule has 2 heterocycles. The molecule has 2 aromatic carbocycles. The molecule has 14 N–H and O–H groups in total. The van der Waals surface area contributed by atoms with Crippen LogP contribution in [0.5, 0.6) is 5.75 Å². The Kier molecular flexibility index (Phi) is 49.8. The molecule has 688 valence electrons. The van der Waals surface area contributed by atoms with Crippen molar-refractivity contribution in [2.45, 2.75) is 148 Å². The highest BCUT2D eigenvalue weighted by Crippen LogP contribution is 2.32. The van der Waals surface area contributed by atoms with Crippen LogP contribution in [0.15, 0.2) is 66.3 Å². The number of methoxy groups -OCH3 is 1. The lowest BCUT2D eigenvalue weighted by molar-refractivity contribution is -0.271. The number of nitrogens with zero attached hydrogens (tertiary/aromatic N) is 2. The summed E-state index contributed by atoms with van der Waals surface area (Å²) in [6.45, 7) is 20.5. The van der Waals surface area contributed by atoms with Gasteiger partial charge in [-0.3, -0.25) is 48.6 Å². The summed E-state index contributed by atoms with van der Waals surface area (Å²) >= 11 is 0. The summed E-state index contributed by atoms with van der Waals surface area (Å²) in [6, 6.07) is 4.97. The lowest BCUT2D eigenvalue weighted by atomic mass is 9.76. The van der Waals surface area contributed by atoms with E-state index in [1.54, 1.807) is 80.1 Å². The third-order valence-corrected chi connectivity index (χ3v) is 18.9. The number of nitrogens with two attached hydrogens (primary N) is 1. The van der Waals surface area contributed by atoms with E-state index in [0.29, 0.717) is 129 Å². The fourth-order valence-electron chi connectivity index (χ4n) is 12.0. The van der Waals surface area contributed by atoms with Gasteiger partial charge in [0.1, 0.15) is 48.8 Å². The standard InChI is InChI=1S/C81H128N10O31/c1-52(2)59(45-53(3)76(103)104)90(10)75(102)71(80(4,5)6)89-74(101)70(83-9)81(7,8)56-13-12-14-57(47-56)87-79(107)120-51-54-15-16-61(121-78-68(98)66(96)67(97)69(122-78)77(105)106)55(46-54)49-85-62(92)19-21-84-72(99)58(88-73(100)60(48-82)91-64(94)17-18-65(91)95)50-86-63(93)20-22-109-25-26-111-29-30-113-33-34-115-37-38-117-41-42-119-44-43-118-40-39-116-36-35-114-32-31-112-28-27-110-24-23-108-11/h12-18,45-47,52,58-60,66-71,78,83,96-98H,19-44,48-51,82H2,1-11H3,(H,84,99)(H,85,92)(H,86,93)(H,87,107)(H,88,100)(H,89,101)(H,103,104)(H,105,106)/b53-45+/t58-,59+,60-,66-,67-,68+,69-,70+,71+,78+/m0/s1. The van der Waals surface area contributed by atoms with E-state index in [1.165, 1.54) is 36.1 Å². The summed E-state index contributed by atoms with van der Waals surface area (Å²) in [6.07, 6.45) is -8.26. The summed E-state index contributed by atoms with van der Waals surface area (Å²) in [5.41, 5.74) is 5.27. The number of aliphatic hydroxyl groups is 3. The molecular formula is C81H128N10O31.